The van der Waals surface area contributed by atoms with Crippen LogP contribution in [0.5, 0.6) is 0 Å². The topological polar surface area (TPSA) is 49.5 Å². The van der Waals surface area contributed by atoms with Gasteiger partial charge in [-0.2, -0.15) is 0 Å². The summed E-state index contributed by atoms with van der Waals surface area (Å²) in [7, 11) is 0. The minimum atomic E-state index is -0.400. The first kappa shape index (κ1) is 12.0. The van der Waals surface area contributed by atoms with Crippen molar-refractivity contribution >= 4 is 0 Å². The van der Waals surface area contributed by atoms with E-state index in [0.717, 1.165) is 18.9 Å². The molecule has 1 aliphatic rings. The molecule has 0 radical (unpaired) electrons. The largest absolute Gasteiger partial charge is 0.394 e. The monoisotopic (exact) mass is 200 g/mol. The molecule has 1 aliphatic heterocycles. The number of hydrogen-bond donors (Lipinski definition) is 2. The molecule has 0 aliphatic carbocycles. The van der Waals surface area contributed by atoms with Crippen LogP contribution in [0.4, 0.5) is 0 Å². The fraction of sp³-hybridized carbons (Fsp3) is 1.00. The molecule has 84 valence electrons. The zero-order valence-electron chi connectivity index (χ0n) is 9.50. The second-order valence-electron chi connectivity index (χ2n) is 5.09. The third-order valence-corrected chi connectivity index (χ3v) is 3.24. The average molecular weight is 200 g/mol. The highest BCUT2D eigenvalue weighted by Gasteiger charge is 2.20. The van der Waals surface area contributed by atoms with Crippen molar-refractivity contribution in [2.75, 3.05) is 26.2 Å². The first-order valence-corrected chi connectivity index (χ1v) is 5.65. The summed E-state index contributed by atoms with van der Waals surface area (Å²) in [6, 6.07) is 0. The van der Waals surface area contributed by atoms with Crippen LogP contribution in [0.15, 0.2) is 0 Å². The fourth-order valence-corrected chi connectivity index (χ4v) is 1.78. The number of nitrogens with two attached hydrogens (primary N) is 1. The smallest absolute Gasteiger partial charge is 0.0608 e. The molecule has 0 aromatic carbocycles. The van der Waals surface area contributed by atoms with Crippen LogP contribution in [0.25, 0.3) is 0 Å². The van der Waals surface area contributed by atoms with Crippen LogP contribution in [0, 0.1) is 5.92 Å². The van der Waals surface area contributed by atoms with E-state index in [1.165, 1.54) is 25.9 Å². The summed E-state index contributed by atoms with van der Waals surface area (Å²) in [4.78, 5) is 2.46. The minimum absolute atomic E-state index is 0.0806. The van der Waals surface area contributed by atoms with Crippen LogP contribution in [0.3, 0.4) is 0 Å². The maximum atomic E-state index is 9.02. The van der Waals surface area contributed by atoms with E-state index >= 15 is 0 Å². The SMILES string of the molecule is CC1CCN(CCC(C)(N)CO)CC1. The highest BCUT2D eigenvalue weighted by atomic mass is 16.3. The number of aliphatic hydroxyl groups is 1. The Balaban J connectivity index is 2.19. The van der Waals surface area contributed by atoms with Crippen LogP contribution in [-0.2, 0) is 0 Å². The summed E-state index contributed by atoms with van der Waals surface area (Å²) in [6.45, 7) is 7.74. The van der Waals surface area contributed by atoms with Gasteiger partial charge in [-0.25, -0.2) is 0 Å². The van der Waals surface area contributed by atoms with Gasteiger partial charge >= 0.3 is 0 Å². The highest BCUT2D eigenvalue weighted by molar-refractivity contribution is 4.80. The molecule has 0 saturated carbocycles. The van der Waals surface area contributed by atoms with Crippen LogP contribution in [0.1, 0.15) is 33.1 Å². The van der Waals surface area contributed by atoms with E-state index in [2.05, 4.69) is 11.8 Å². The Bertz CT molecular complexity index is 163. The van der Waals surface area contributed by atoms with Crippen molar-refractivity contribution in [3.05, 3.63) is 0 Å². The van der Waals surface area contributed by atoms with E-state index in [1.807, 2.05) is 6.92 Å². The van der Waals surface area contributed by atoms with Crippen LogP contribution in [-0.4, -0.2) is 41.8 Å². The zero-order valence-corrected chi connectivity index (χ0v) is 9.50. The maximum absolute atomic E-state index is 9.02. The van der Waals surface area contributed by atoms with Crippen LogP contribution in [0.2, 0.25) is 0 Å². The Hall–Kier alpha value is -0.120. The van der Waals surface area contributed by atoms with E-state index in [-0.39, 0.29) is 6.61 Å². The van der Waals surface area contributed by atoms with Crippen molar-refractivity contribution in [2.45, 2.75) is 38.6 Å². The van der Waals surface area contributed by atoms with Gasteiger partial charge in [-0.3, -0.25) is 0 Å². The molecule has 1 unspecified atom stereocenters. The molecule has 1 atom stereocenters. The lowest BCUT2D eigenvalue weighted by molar-refractivity contribution is 0.150. The molecule has 0 aromatic heterocycles. The summed E-state index contributed by atoms with van der Waals surface area (Å²) >= 11 is 0. The summed E-state index contributed by atoms with van der Waals surface area (Å²) in [5, 5.41) is 9.02. The minimum Gasteiger partial charge on any atom is -0.394 e. The van der Waals surface area contributed by atoms with Gasteiger partial charge in [-0.05, 0) is 51.7 Å². The molecule has 3 N–H and O–H groups in total. The Morgan fingerprint density at radius 3 is 2.50 bits per heavy atom. The molecule has 14 heavy (non-hydrogen) atoms. The molecule has 3 nitrogen and oxygen atoms in total. The molecule has 0 aromatic rings. The molecule has 1 heterocycles. The Labute approximate surface area is 87.3 Å². The lowest BCUT2D eigenvalue weighted by atomic mass is 9.96. The number of piperidine rings is 1. The average Bonchev–Trinajstić information content (AvgIpc) is 2.17. The first-order valence-electron chi connectivity index (χ1n) is 5.65. The highest BCUT2D eigenvalue weighted by Crippen LogP contribution is 2.17. The van der Waals surface area contributed by atoms with E-state index in [1.54, 1.807) is 0 Å². The van der Waals surface area contributed by atoms with Crippen molar-refractivity contribution in [1.29, 1.82) is 0 Å². The Morgan fingerprint density at radius 2 is 2.00 bits per heavy atom. The van der Waals surface area contributed by atoms with Gasteiger partial charge in [0, 0.05) is 5.54 Å². The molecule has 1 fully saturated rings. The number of hydrogen-bond acceptors (Lipinski definition) is 3. The molecule has 3 heteroatoms. The standard InChI is InChI=1S/C11H24N2O/c1-10-3-6-13(7-4-10)8-5-11(2,12)9-14/h10,14H,3-9,12H2,1-2H3. The zero-order chi connectivity index (χ0) is 10.6. The predicted molar refractivity (Wildman–Crippen MR) is 59.1 cm³/mol. The lowest BCUT2D eigenvalue weighted by Gasteiger charge is -2.32. The van der Waals surface area contributed by atoms with Gasteiger partial charge in [0.05, 0.1) is 6.61 Å². The normalized spacial score (nSPS) is 24.9. The summed E-state index contributed by atoms with van der Waals surface area (Å²) in [5.41, 5.74) is 5.48. The summed E-state index contributed by atoms with van der Waals surface area (Å²) in [5.74, 6) is 0.883. The summed E-state index contributed by atoms with van der Waals surface area (Å²) < 4.78 is 0. The molecular formula is C11H24N2O. The fourth-order valence-electron chi connectivity index (χ4n) is 1.78. The van der Waals surface area contributed by atoms with Crippen molar-refractivity contribution in [2.24, 2.45) is 11.7 Å². The molecule has 1 rings (SSSR count). The summed E-state index contributed by atoms with van der Waals surface area (Å²) in [6.07, 6.45) is 3.50. The van der Waals surface area contributed by atoms with Crippen molar-refractivity contribution < 1.29 is 5.11 Å². The van der Waals surface area contributed by atoms with Gasteiger partial charge in [0.15, 0.2) is 0 Å². The second-order valence-corrected chi connectivity index (χ2v) is 5.09. The van der Waals surface area contributed by atoms with Crippen molar-refractivity contribution in [3.63, 3.8) is 0 Å². The maximum Gasteiger partial charge on any atom is 0.0608 e. The quantitative estimate of drug-likeness (QED) is 0.706. The molecule has 0 bridgehead atoms. The van der Waals surface area contributed by atoms with Gasteiger partial charge in [0.1, 0.15) is 0 Å². The van der Waals surface area contributed by atoms with Crippen molar-refractivity contribution in [1.82, 2.24) is 4.90 Å². The molecule has 0 amide bonds. The molecule has 0 spiro atoms. The van der Waals surface area contributed by atoms with E-state index in [4.69, 9.17) is 10.8 Å². The van der Waals surface area contributed by atoms with Gasteiger partial charge in [-0.15, -0.1) is 0 Å². The van der Waals surface area contributed by atoms with Gasteiger partial charge in [0.2, 0.25) is 0 Å². The van der Waals surface area contributed by atoms with E-state index < -0.39 is 5.54 Å². The van der Waals surface area contributed by atoms with Crippen molar-refractivity contribution in [3.8, 4) is 0 Å². The molecule has 1 saturated heterocycles. The third kappa shape index (κ3) is 3.95. The number of nitrogens with zero attached hydrogens (tertiary/aromatic N) is 1. The number of aliphatic hydroxyl groups excluding tert-OH is 1. The Kier molecular flexibility index (Phi) is 4.35. The molecular weight excluding hydrogens is 176 g/mol. The van der Waals surface area contributed by atoms with Crippen LogP contribution >= 0.6 is 0 Å². The van der Waals surface area contributed by atoms with Gasteiger partial charge in [-0.1, -0.05) is 6.92 Å². The lowest BCUT2D eigenvalue weighted by Crippen LogP contribution is -2.44. The number of likely N-dealkylation sites (tertiary alicyclic amines) is 1. The second kappa shape index (κ2) is 5.10. The number of rotatable bonds is 4. The first-order chi connectivity index (χ1) is 6.53. The Morgan fingerprint density at radius 1 is 1.43 bits per heavy atom. The third-order valence-electron chi connectivity index (χ3n) is 3.24. The van der Waals surface area contributed by atoms with Gasteiger partial charge < -0.3 is 15.7 Å². The van der Waals surface area contributed by atoms with E-state index in [9.17, 15) is 0 Å². The van der Waals surface area contributed by atoms with Gasteiger partial charge in [0.25, 0.3) is 0 Å². The van der Waals surface area contributed by atoms with E-state index in [0.29, 0.717) is 0 Å². The predicted octanol–water partition coefficient (Wildman–Crippen LogP) is 0.818. The van der Waals surface area contributed by atoms with Crippen LogP contribution < -0.4 is 5.73 Å².